The van der Waals surface area contributed by atoms with E-state index in [2.05, 4.69) is 15.2 Å². The maximum Gasteiger partial charge on any atom is 0.255 e. The van der Waals surface area contributed by atoms with Crippen LogP contribution in [0.4, 0.5) is 0 Å². The lowest BCUT2D eigenvalue weighted by atomic mass is 10.1. The molecule has 0 aliphatic carbocycles. The normalized spacial score (nSPS) is 13.6. The van der Waals surface area contributed by atoms with Crippen LogP contribution >= 0.6 is 23.2 Å². The van der Waals surface area contributed by atoms with Crippen LogP contribution in [0.2, 0.25) is 10.0 Å². The van der Waals surface area contributed by atoms with E-state index in [0.29, 0.717) is 30.2 Å². The van der Waals surface area contributed by atoms with Crippen molar-refractivity contribution in [1.29, 1.82) is 0 Å². The van der Waals surface area contributed by atoms with Crippen LogP contribution in [0.1, 0.15) is 21.9 Å². The van der Waals surface area contributed by atoms with Gasteiger partial charge in [0.1, 0.15) is 0 Å². The molecule has 1 aromatic carbocycles. The van der Waals surface area contributed by atoms with Gasteiger partial charge in [-0.15, -0.1) is 10.2 Å². The number of aryl methyl sites for hydroxylation is 1. The van der Waals surface area contributed by atoms with Gasteiger partial charge in [0.25, 0.3) is 5.91 Å². The highest BCUT2D eigenvalue weighted by molar-refractivity contribution is 6.43. The van der Waals surface area contributed by atoms with Crippen molar-refractivity contribution in [3.63, 3.8) is 0 Å². The second-order valence-electron chi connectivity index (χ2n) is 6.06. The minimum atomic E-state index is -0.161. The third-order valence-electron chi connectivity index (χ3n) is 4.47. The summed E-state index contributed by atoms with van der Waals surface area (Å²) in [7, 11) is 0. The second kappa shape index (κ2) is 6.70. The van der Waals surface area contributed by atoms with Crippen LogP contribution in [0.25, 0.3) is 11.4 Å². The topological polar surface area (TPSA) is 63.9 Å². The molecule has 0 atom stereocenters. The molecule has 1 aliphatic heterocycles. The van der Waals surface area contributed by atoms with E-state index in [1.165, 1.54) is 0 Å². The molecule has 4 rings (SSSR count). The van der Waals surface area contributed by atoms with Crippen molar-refractivity contribution in [3.8, 4) is 11.4 Å². The lowest BCUT2D eigenvalue weighted by Crippen LogP contribution is -2.38. The zero-order chi connectivity index (χ0) is 18.3. The van der Waals surface area contributed by atoms with Gasteiger partial charge in [0, 0.05) is 30.5 Å². The number of hydrogen-bond acceptors (Lipinski definition) is 4. The summed E-state index contributed by atoms with van der Waals surface area (Å²) >= 11 is 12.2. The smallest absolute Gasteiger partial charge is 0.255 e. The van der Waals surface area contributed by atoms with Crippen LogP contribution in [0.3, 0.4) is 0 Å². The van der Waals surface area contributed by atoms with Gasteiger partial charge in [-0.2, -0.15) is 0 Å². The Morgan fingerprint density at radius 2 is 1.96 bits per heavy atom. The molecule has 1 aliphatic rings. The third-order valence-corrected chi connectivity index (χ3v) is 5.29. The number of carbonyl (C=O) groups excluding carboxylic acids is 1. The van der Waals surface area contributed by atoms with E-state index in [9.17, 15) is 4.79 Å². The van der Waals surface area contributed by atoms with Crippen molar-refractivity contribution >= 4 is 29.1 Å². The molecule has 26 heavy (non-hydrogen) atoms. The summed E-state index contributed by atoms with van der Waals surface area (Å²) in [5.41, 5.74) is 2.24. The molecule has 8 heteroatoms. The van der Waals surface area contributed by atoms with E-state index < -0.39 is 0 Å². The van der Waals surface area contributed by atoms with Crippen LogP contribution in [0.5, 0.6) is 0 Å². The Balaban J connectivity index is 1.63. The molecule has 6 nitrogen and oxygen atoms in total. The second-order valence-corrected chi connectivity index (χ2v) is 6.84. The summed E-state index contributed by atoms with van der Waals surface area (Å²) in [6.45, 7) is 3.46. The van der Waals surface area contributed by atoms with Gasteiger partial charge in [-0.3, -0.25) is 9.78 Å². The summed E-state index contributed by atoms with van der Waals surface area (Å²) in [6.07, 6.45) is 1.75. The van der Waals surface area contributed by atoms with Crippen LogP contribution in [0, 0.1) is 6.92 Å². The standard InChI is InChI=1S/C18H15Cl2N5O/c1-11-12(5-3-7-21-11)17-23-22-15-10-24(8-9-25(15)17)18(26)13-4-2-6-14(19)16(13)20/h2-7H,8-10H2,1H3. The van der Waals surface area contributed by atoms with Gasteiger partial charge in [0.2, 0.25) is 0 Å². The summed E-state index contributed by atoms with van der Waals surface area (Å²) in [5, 5.41) is 9.23. The highest BCUT2D eigenvalue weighted by atomic mass is 35.5. The van der Waals surface area contributed by atoms with E-state index in [0.717, 1.165) is 22.9 Å². The predicted octanol–water partition coefficient (Wildman–Crippen LogP) is 3.61. The Bertz CT molecular complexity index is 1000. The number of fused-ring (bicyclic) bond motifs is 1. The lowest BCUT2D eigenvalue weighted by Gasteiger charge is -2.28. The summed E-state index contributed by atoms with van der Waals surface area (Å²) in [6, 6.07) is 8.92. The van der Waals surface area contributed by atoms with E-state index in [1.807, 2.05) is 23.6 Å². The first kappa shape index (κ1) is 17.0. The summed E-state index contributed by atoms with van der Waals surface area (Å²) < 4.78 is 2.04. The number of carbonyl (C=O) groups is 1. The first-order chi connectivity index (χ1) is 12.6. The van der Waals surface area contributed by atoms with E-state index in [-0.39, 0.29) is 10.9 Å². The number of halogens is 2. The molecule has 0 radical (unpaired) electrons. The molecule has 2 aromatic heterocycles. The molecule has 0 fully saturated rings. The van der Waals surface area contributed by atoms with Crippen LogP contribution in [0.15, 0.2) is 36.5 Å². The maximum atomic E-state index is 12.8. The zero-order valence-corrected chi connectivity index (χ0v) is 15.5. The third kappa shape index (κ3) is 2.85. The average molecular weight is 388 g/mol. The molecule has 0 saturated heterocycles. The highest BCUT2D eigenvalue weighted by Crippen LogP contribution is 2.28. The van der Waals surface area contributed by atoms with E-state index >= 15 is 0 Å². The maximum absolute atomic E-state index is 12.8. The molecule has 3 aromatic rings. The van der Waals surface area contributed by atoms with Crippen molar-refractivity contribution in [2.75, 3.05) is 6.54 Å². The Kier molecular flexibility index (Phi) is 4.38. The molecule has 3 heterocycles. The van der Waals surface area contributed by atoms with Crippen molar-refractivity contribution in [2.45, 2.75) is 20.0 Å². The molecule has 0 bridgehead atoms. The molecule has 0 spiro atoms. The number of aromatic nitrogens is 4. The summed E-state index contributed by atoms with van der Waals surface area (Å²) in [5.74, 6) is 1.35. The van der Waals surface area contributed by atoms with E-state index in [1.54, 1.807) is 29.3 Å². The number of amides is 1. The minimum absolute atomic E-state index is 0.161. The predicted molar refractivity (Wildman–Crippen MR) is 99.2 cm³/mol. The SMILES string of the molecule is Cc1ncccc1-c1nnc2n1CCN(C(=O)c1cccc(Cl)c1Cl)C2. The number of nitrogens with zero attached hydrogens (tertiary/aromatic N) is 5. The van der Waals surface area contributed by atoms with Gasteiger partial charge >= 0.3 is 0 Å². The largest absolute Gasteiger partial charge is 0.329 e. The molecule has 0 N–H and O–H groups in total. The fourth-order valence-electron chi connectivity index (χ4n) is 3.09. The average Bonchev–Trinajstić information content (AvgIpc) is 3.07. The number of hydrogen-bond donors (Lipinski definition) is 0. The molecule has 132 valence electrons. The molecule has 0 saturated carbocycles. The van der Waals surface area contributed by atoms with Gasteiger partial charge in [0.05, 0.1) is 22.2 Å². The van der Waals surface area contributed by atoms with Gasteiger partial charge in [0.15, 0.2) is 11.6 Å². The van der Waals surface area contributed by atoms with Crippen molar-refractivity contribution in [2.24, 2.45) is 0 Å². The molecule has 1 amide bonds. The number of pyridine rings is 1. The van der Waals surface area contributed by atoms with Crippen LogP contribution < -0.4 is 0 Å². The van der Waals surface area contributed by atoms with Crippen LogP contribution in [-0.4, -0.2) is 37.1 Å². The monoisotopic (exact) mass is 387 g/mol. The number of rotatable bonds is 2. The van der Waals surface area contributed by atoms with Gasteiger partial charge in [-0.1, -0.05) is 29.3 Å². The fraction of sp³-hybridized carbons (Fsp3) is 0.222. The zero-order valence-electron chi connectivity index (χ0n) is 14.0. The number of benzene rings is 1. The minimum Gasteiger partial charge on any atom is -0.329 e. The van der Waals surface area contributed by atoms with E-state index in [4.69, 9.17) is 23.2 Å². The Hall–Kier alpha value is -2.44. The first-order valence-corrected chi connectivity index (χ1v) is 8.89. The Morgan fingerprint density at radius 1 is 1.12 bits per heavy atom. The highest BCUT2D eigenvalue weighted by Gasteiger charge is 2.27. The van der Waals surface area contributed by atoms with Gasteiger partial charge in [-0.05, 0) is 31.2 Å². The van der Waals surface area contributed by atoms with Crippen molar-refractivity contribution < 1.29 is 4.79 Å². The van der Waals surface area contributed by atoms with Gasteiger partial charge < -0.3 is 9.47 Å². The molecule has 0 unspecified atom stereocenters. The molecular weight excluding hydrogens is 373 g/mol. The first-order valence-electron chi connectivity index (χ1n) is 8.13. The van der Waals surface area contributed by atoms with Crippen molar-refractivity contribution in [1.82, 2.24) is 24.6 Å². The fourth-order valence-corrected chi connectivity index (χ4v) is 3.47. The van der Waals surface area contributed by atoms with Crippen LogP contribution in [-0.2, 0) is 13.1 Å². The van der Waals surface area contributed by atoms with Crippen molar-refractivity contribution in [3.05, 3.63) is 63.7 Å². The Morgan fingerprint density at radius 3 is 2.77 bits per heavy atom. The Labute approximate surface area is 160 Å². The van der Waals surface area contributed by atoms with Gasteiger partial charge in [-0.25, -0.2) is 0 Å². The quantitative estimate of drug-likeness (QED) is 0.673. The molecular formula is C18H15Cl2N5O. The lowest BCUT2D eigenvalue weighted by molar-refractivity contribution is 0.0708. The summed E-state index contributed by atoms with van der Waals surface area (Å²) in [4.78, 5) is 18.9.